The summed E-state index contributed by atoms with van der Waals surface area (Å²) in [4.78, 5) is 41.3. The van der Waals surface area contributed by atoms with E-state index in [-0.39, 0.29) is 16.1 Å². The number of benzene rings is 2. The van der Waals surface area contributed by atoms with Gasteiger partial charge >= 0.3 is 11.2 Å². The van der Waals surface area contributed by atoms with E-state index in [1.807, 2.05) is 0 Å². The van der Waals surface area contributed by atoms with Gasteiger partial charge in [0, 0.05) is 75.6 Å². The summed E-state index contributed by atoms with van der Waals surface area (Å²) in [6.07, 6.45) is 4.09. The Morgan fingerprint density at radius 2 is 1.40 bits per heavy atom. The number of nitrogens with zero attached hydrogens (tertiary/aromatic N) is 1. The van der Waals surface area contributed by atoms with Crippen molar-refractivity contribution in [1.82, 2.24) is 9.97 Å². The van der Waals surface area contributed by atoms with Crippen molar-refractivity contribution < 1.29 is 38.2 Å². The normalized spacial score (nSPS) is 10.9. The molecule has 0 bridgehead atoms. The molecule has 0 aliphatic rings. The van der Waals surface area contributed by atoms with E-state index in [9.17, 15) is 18.9 Å². The second-order valence-electron chi connectivity index (χ2n) is 9.01. The number of H-pyrrole nitrogens is 1. The van der Waals surface area contributed by atoms with Gasteiger partial charge in [-0.1, -0.05) is 11.6 Å². The summed E-state index contributed by atoms with van der Waals surface area (Å²) in [6, 6.07) is 6.76. The van der Waals surface area contributed by atoms with Crippen LogP contribution in [0.5, 0.6) is 11.5 Å². The van der Waals surface area contributed by atoms with Crippen LogP contribution < -0.4 is 14.9 Å². The van der Waals surface area contributed by atoms with E-state index >= 15 is 0 Å². The van der Waals surface area contributed by atoms with E-state index in [0.717, 1.165) is 17.3 Å². The third kappa shape index (κ3) is 13.7. The number of halogens is 7. The lowest BCUT2D eigenvalue weighted by Gasteiger charge is -2.10. The molecular formula is C28H26Br2Cl5N2O9P. The highest BCUT2D eigenvalue weighted by Gasteiger charge is 2.15. The van der Waals surface area contributed by atoms with Crippen LogP contribution in [0.4, 0.5) is 0 Å². The molecule has 2 N–H and O–H groups in total. The van der Waals surface area contributed by atoms with Gasteiger partial charge in [-0.05, 0) is 89.3 Å². The number of hydrogen-bond donors (Lipinski definition) is 2. The van der Waals surface area contributed by atoms with Gasteiger partial charge in [-0.3, -0.25) is 19.1 Å². The zero-order valence-corrected chi connectivity index (χ0v) is 32.3. The van der Waals surface area contributed by atoms with Gasteiger partial charge in [-0.25, -0.2) is 4.79 Å². The molecule has 0 saturated heterocycles. The maximum Gasteiger partial charge on any atom is 0.341 e. The Kier molecular flexibility index (Phi) is 17.8. The lowest BCUT2D eigenvalue weighted by molar-refractivity contribution is 0.0695. The van der Waals surface area contributed by atoms with Crippen molar-refractivity contribution in [2.24, 2.45) is 0 Å². The zero-order chi connectivity index (χ0) is 35.3. The number of aromatic amines is 1. The minimum atomic E-state index is -3.22. The van der Waals surface area contributed by atoms with E-state index in [4.69, 9.17) is 47.3 Å². The van der Waals surface area contributed by atoms with Crippen molar-refractivity contribution in [2.45, 2.75) is 12.8 Å². The first-order valence-electron chi connectivity index (χ1n) is 13.1. The minimum absolute atomic E-state index is 0.187. The molecule has 0 aliphatic carbocycles. The van der Waals surface area contributed by atoms with E-state index in [0.29, 0.717) is 64.2 Å². The van der Waals surface area contributed by atoms with E-state index in [2.05, 4.69) is 75.6 Å². The number of carboxylic acid groups (broad SMARTS) is 1. The molecule has 0 fully saturated rings. The SMILES string of the molecule is COCCCOc1cc2[nH]cc(C(=O)O)c(=O)c2cc1Br.COCCCOc1cc2ncc(C(=O)Cl)c(Cl)c2cc1Br.O=P(Cl)(Cl)Cl. The smallest absolute Gasteiger partial charge is 0.341 e. The van der Waals surface area contributed by atoms with Gasteiger partial charge in [0.25, 0.3) is 5.24 Å². The Balaban J connectivity index is 0.000000286. The average molecular weight is 903 g/mol. The van der Waals surface area contributed by atoms with Gasteiger partial charge in [0.05, 0.1) is 43.8 Å². The van der Waals surface area contributed by atoms with Crippen molar-refractivity contribution >= 4 is 127 Å². The number of aromatic carboxylic acids is 1. The molecule has 4 rings (SSSR count). The van der Waals surface area contributed by atoms with Gasteiger partial charge in [0.1, 0.15) is 17.1 Å². The lowest BCUT2D eigenvalue weighted by atomic mass is 10.1. The minimum Gasteiger partial charge on any atom is -0.492 e. The number of ether oxygens (including phenoxy) is 4. The van der Waals surface area contributed by atoms with Crippen LogP contribution in [0, 0.1) is 0 Å². The first-order valence-corrected chi connectivity index (χ1v) is 19.8. The van der Waals surface area contributed by atoms with E-state index in [1.165, 1.54) is 12.4 Å². The van der Waals surface area contributed by atoms with Crippen LogP contribution in [0.2, 0.25) is 5.02 Å². The Hall–Kier alpha value is -1.64. The summed E-state index contributed by atoms with van der Waals surface area (Å²) in [5.41, 5.74) is 0.527. The van der Waals surface area contributed by atoms with Crippen LogP contribution >= 0.6 is 94.0 Å². The summed E-state index contributed by atoms with van der Waals surface area (Å²) in [5.74, 6) is -0.0152. The predicted molar refractivity (Wildman–Crippen MR) is 193 cm³/mol. The molecule has 0 unspecified atom stereocenters. The fourth-order valence-electron chi connectivity index (χ4n) is 3.67. The third-order valence-corrected chi connectivity index (χ3v) is 7.58. The number of methoxy groups -OCH3 is 2. The summed E-state index contributed by atoms with van der Waals surface area (Å²) >= 11 is 32.2. The maximum absolute atomic E-state index is 12.1. The molecule has 2 aromatic heterocycles. The van der Waals surface area contributed by atoms with Crippen LogP contribution in [-0.2, 0) is 14.0 Å². The second kappa shape index (κ2) is 20.1. The quantitative estimate of drug-likeness (QED) is 0.0798. The first kappa shape index (κ1) is 41.5. The Labute approximate surface area is 310 Å². The van der Waals surface area contributed by atoms with Crippen LogP contribution in [-0.4, -0.2) is 66.9 Å². The molecule has 2 heterocycles. The van der Waals surface area contributed by atoms with Gasteiger partial charge in [0.15, 0.2) is 0 Å². The van der Waals surface area contributed by atoms with Crippen LogP contribution in [0.15, 0.2) is 50.4 Å². The molecule has 0 radical (unpaired) electrons. The molecule has 19 heteroatoms. The number of hydrogen-bond acceptors (Lipinski definition) is 9. The van der Waals surface area contributed by atoms with Crippen LogP contribution in [0.25, 0.3) is 21.8 Å². The fraction of sp³-hybridized carbons (Fsp3) is 0.286. The van der Waals surface area contributed by atoms with E-state index < -0.39 is 21.8 Å². The molecule has 4 aromatic rings. The fourth-order valence-corrected chi connectivity index (χ4v) is 5.06. The first-order chi connectivity index (χ1) is 22.1. The van der Waals surface area contributed by atoms with Gasteiger partial charge < -0.3 is 29.0 Å². The monoisotopic (exact) mass is 898 g/mol. The van der Waals surface area contributed by atoms with Crippen molar-refractivity contribution in [3.05, 3.63) is 72.0 Å². The zero-order valence-electron chi connectivity index (χ0n) is 24.5. The van der Waals surface area contributed by atoms with Crippen molar-refractivity contribution in [1.29, 1.82) is 0 Å². The average Bonchev–Trinajstić information content (AvgIpc) is 2.98. The van der Waals surface area contributed by atoms with Crippen molar-refractivity contribution in [3.63, 3.8) is 0 Å². The summed E-state index contributed by atoms with van der Waals surface area (Å²) in [5, 5.41) is 6.31. The number of aromatic nitrogens is 2. The highest BCUT2D eigenvalue weighted by Crippen LogP contribution is 2.61. The van der Waals surface area contributed by atoms with Gasteiger partial charge in [-0.2, -0.15) is 0 Å². The third-order valence-electron chi connectivity index (χ3n) is 5.73. The molecule has 11 nitrogen and oxygen atoms in total. The largest absolute Gasteiger partial charge is 0.492 e. The lowest BCUT2D eigenvalue weighted by Crippen LogP contribution is -2.15. The van der Waals surface area contributed by atoms with Crippen LogP contribution in [0.3, 0.4) is 0 Å². The summed E-state index contributed by atoms with van der Waals surface area (Å²) < 4.78 is 32.0. The molecule has 256 valence electrons. The predicted octanol–water partition coefficient (Wildman–Crippen LogP) is 9.66. The molecule has 0 atom stereocenters. The van der Waals surface area contributed by atoms with Gasteiger partial charge in [0.2, 0.25) is 5.43 Å². The summed E-state index contributed by atoms with van der Waals surface area (Å²) in [6.45, 7) is 2.25. The highest BCUT2D eigenvalue weighted by atomic mass is 79.9. The van der Waals surface area contributed by atoms with E-state index in [1.54, 1.807) is 38.5 Å². The Morgan fingerprint density at radius 3 is 1.89 bits per heavy atom. The van der Waals surface area contributed by atoms with Gasteiger partial charge in [-0.15, -0.1) is 0 Å². The number of rotatable bonds is 12. The molecule has 2 aromatic carbocycles. The number of fused-ring (bicyclic) bond motifs is 2. The second-order valence-corrected chi connectivity index (χ2v) is 18.1. The molecule has 0 saturated carbocycles. The highest BCUT2D eigenvalue weighted by molar-refractivity contribution is 9.11. The number of pyridine rings is 2. The molecular weight excluding hydrogens is 876 g/mol. The van der Waals surface area contributed by atoms with Crippen molar-refractivity contribution in [2.75, 3.05) is 40.6 Å². The maximum atomic E-state index is 12.1. The molecule has 0 aliphatic heterocycles. The molecule has 0 spiro atoms. The Bertz CT molecular complexity index is 1820. The number of nitrogens with one attached hydrogen (secondary N) is 1. The molecule has 0 amide bonds. The van der Waals surface area contributed by atoms with Crippen LogP contribution in [0.1, 0.15) is 33.6 Å². The van der Waals surface area contributed by atoms with Crippen molar-refractivity contribution in [3.8, 4) is 11.5 Å². The standard InChI is InChI=1S/C14H12BrCl2NO3.C14H14BrNO5.Cl3OP/c1-20-3-2-4-21-12-6-11-8(5-10(12)15)13(16)9(7-18-11)14(17)19;1-20-3-2-4-21-12-6-11-8(5-10(12)15)13(17)9(7-16-11)14(18)19;1-5(2,3)4/h5-7H,2-4H2,1H3;5-7H,2-4H2,1H3,(H,16,17)(H,18,19);. The molecule has 47 heavy (non-hydrogen) atoms. The number of carbonyl (C=O) groups excluding carboxylic acids is 1. The number of carbonyl (C=O) groups is 2. The number of carboxylic acids is 1. The topological polar surface area (TPSA) is 154 Å². The summed E-state index contributed by atoms with van der Waals surface area (Å²) in [7, 11) is 3.27. The Morgan fingerprint density at radius 1 is 0.894 bits per heavy atom.